The second-order valence-corrected chi connectivity index (χ2v) is 6.19. The van der Waals surface area contributed by atoms with Gasteiger partial charge in [0.25, 0.3) is 0 Å². The largest absolute Gasteiger partial charge is 0.381 e. The predicted molar refractivity (Wildman–Crippen MR) is 87.9 cm³/mol. The Morgan fingerprint density at radius 3 is 3.00 bits per heavy atom. The first kappa shape index (κ1) is 16.1. The lowest BCUT2D eigenvalue weighted by atomic mass is 9.91. The topological polar surface area (TPSA) is 58.4 Å². The molecule has 2 atom stereocenters. The average Bonchev–Trinajstić information content (AvgIpc) is 2.49. The van der Waals surface area contributed by atoms with Gasteiger partial charge in [-0.2, -0.15) is 0 Å². The van der Waals surface area contributed by atoms with Gasteiger partial charge in [-0.05, 0) is 57.0 Å². The van der Waals surface area contributed by atoms with Gasteiger partial charge in [-0.1, -0.05) is 18.5 Å². The number of carbonyl (C=O) groups is 1. The van der Waals surface area contributed by atoms with Gasteiger partial charge in [0.15, 0.2) is 0 Å². The van der Waals surface area contributed by atoms with Crippen molar-refractivity contribution in [1.29, 1.82) is 0 Å². The molecule has 1 aliphatic heterocycles. The summed E-state index contributed by atoms with van der Waals surface area (Å²) in [5, 5.41) is 4.07. The minimum absolute atomic E-state index is 0.306. The Labute approximate surface area is 131 Å². The van der Waals surface area contributed by atoms with Crippen molar-refractivity contribution in [2.75, 3.05) is 25.0 Å². The molecule has 1 heterocycles. The minimum Gasteiger partial charge on any atom is -0.381 e. The summed E-state index contributed by atoms with van der Waals surface area (Å²) in [6.07, 6.45) is 2.46. The Kier molecular flexibility index (Phi) is 5.48. The van der Waals surface area contributed by atoms with E-state index >= 15 is 0 Å². The van der Waals surface area contributed by atoms with Gasteiger partial charge in [-0.3, -0.25) is 4.79 Å². The third kappa shape index (κ3) is 4.11. The highest BCUT2D eigenvalue weighted by atomic mass is 35.5. The van der Waals surface area contributed by atoms with Crippen LogP contribution >= 0.6 is 11.6 Å². The van der Waals surface area contributed by atoms with Crippen LogP contribution in [0.5, 0.6) is 0 Å². The van der Waals surface area contributed by atoms with E-state index in [1.54, 1.807) is 18.2 Å². The molecular weight excluding hydrogens is 286 g/mol. The van der Waals surface area contributed by atoms with E-state index in [4.69, 9.17) is 17.3 Å². The first-order chi connectivity index (χ1) is 10.0. The monoisotopic (exact) mass is 309 g/mol. The van der Waals surface area contributed by atoms with Crippen LogP contribution in [0, 0.1) is 5.92 Å². The highest BCUT2D eigenvalue weighted by molar-refractivity contribution is 6.33. The minimum atomic E-state index is -0.433. The van der Waals surface area contributed by atoms with E-state index < -0.39 is 5.91 Å². The van der Waals surface area contributed by atoms with Crippen molar-refractivity contribution in [2.45, 2.75) is 32.7 Å². The van der Waals surface area contributed by atoms with Crippen LogP contribution in [-0.2, 0) is 0 Å². The van der Waals surface area contributed by atoms with Crippen molar-refractivity contribution >= 4 is 23.2 Å². The van der Waals surface area contributed by atoms with Gasteiger partial charge in [0.05, 0.1) is 10.7 Å². The number of amides is 1. The summed E-state index contributed by atoms with van der Waals surface area (Å²) >= 11 is 6.21. The highest BCUT2D eigenvalue weighted by Gasteiger charge is 2.24. The predicted octanol–water partition coefficient (Wildman–Crippen LogP) is 2.97. The van der Waals surface area contributed by atoms with Crippen molar-refractivity contribution in [3.63, 3.8) is 0 Å². The van der Waals surface area contributed by atoms with Crippen LogP contribution in [0.4, 0.5) is 5.69 Å². The molecule has 116 valence electrons. The van der Waals surface area contributed by atoms with Crippen molar-refractivity contribution in [3.05, 3.63) is 28.8 Å². The Balaban J connectivity index is 2.06. The van der Waals surface area contributed by atoms with E-state index in [0.29, 0.717) is 22.5 Å². The number of primary amides is 1. The van der Waals surface area contributed by atoms with Crippen molar-refractivity contribution in [2.24, 2.45) is 11.7 Å². The Morgan fingerprint density at radius 2 is 2.33 bits per heavy atom. The number of anilines is 1. The van der Waals surface area contributed by atoms with Gasteiger partial charge >= 0.3 is 0 Å². The first-order valence-electron chi connectivity index (χ1n) is 7.59. The summed E-state index contributed by atoms with van der Waals surface area (Å²) in [4.78, 5) is 13.8. The number of nitrogens with two attached hydrogens (primary N) is 1. The van der Waals surface area contributed by atoms with Gasteiger partial charge in [-0.25, -0.2) is 0 Å². The number of likely N-dealkylation sites (tertiary alicyclic amines) is 1. The summed E-state index contributed by atoms with van der Waals surface area (Å²) in [7, 11) is 0. The molecule has 0 saturated carbocycles. The van der Waals surface area contributed by atoms with Gasteiger partial charge < -0.3 is 16.0 Å². The van der Waals surface area contributed by atoms with E-state index in [9.17, 15) is 4.79 Å². The number of hydrogen-bond donors (Lipinski definition) is 2. The summed E-state index contributed by atoms with van der Waals surface area (Å²) in [6, 6.07) is 5.41. The van der Waals surface area contributed by atoms with E-state index in [0.717, 1.165) is 18.8 Å². The van der Waals surface area contributed by atoms with Gasteiger partial charge in [0.2, 0.25) is 5.91 Å². The molecule has 1 saturated heterocycles. The number of benzene rings is 1. The fourth-order valence-corrected chi connectivity index (χ4v) is 3.11. The molecular formula is C16H24ClN3O. The molecule has 2 rings (SSSR count). The van der Waals surface area contributed by atoms with Crippen molar-refractivity contribution < 1.29 is 4.79 Å². The average molecular weight is 310 g/mol. The molecule has 0 aromatic heterocycles. The summed E-state index contributed by atoms with van der Waals surface area (Å²) < 4.78 is 0. The molecule has 1 aliphatic rings. The first-order valence-corrected chi connectivity index (χ1v) is 7.97. The zero-order chi connectivity index (χ0) is 15.4. The number of piperidine rings is 1. The molecule has 0 radical (unpaired) electrons. The Hall–Kier alpha value is -1.26. The summed E-state index contributed by atoms with van der Waals surface area (Å²) in [5.41, 5.74) is 6.59. The molecule has 5 heteroatoms. The molecule has 3 N–H and O–H groups in total. The second-order valence-electron chi connectivity index (χ2n) is 5.79. The number of nitrogens with zero attached hydrogens (tertiary/aromatic N) is 1. The molecule has 1 aromatic rings. The maximum Gasteiger partial charge on any atom is 0.248 e. The molecule has 1 fully saturated rings. The zero-order valence-corrected chi connectivity index (χ0v) is 13.5. The fourth-order valence-electron chi connectivity index (χ4n) is 2.94. The lowest BCUT2D eigenvalue weighted by Crippen LogP contribution is -2.41. The van der Waals surface area contributed by atoms with Crippen molar-refractivity contribution in [3.8, 4) is 0 Å². The molecule has 4 nitrogen and oxygen atoms in total. The normalized spacial score (nSPS) is 21.0. The van der Waals surface area contributed by atoms with E-state index in [1.807, 2.05) is 0 Å². The number of hydrogen-bond acceptors (Lipinski definition) is 3. The smallest absolute Gasteiger partial charge is 0.248 e. The molecule has 0 spiro atoms. The quantitative estimate of drug-likeness (QED) is 0.879. The van der Waals surface area contributed by atoms with Gasteiger partial charge in [-0.15, -0.1) is 0 Å². The lowest BCUT2D eigenvalue weighted by molar-refractivity contribution is 0.100. The number of carbonyl (C=O) groups excluding carboxylic acids is 1. The Morgan fingerprint density at radius 1 is 1.57 bits per heavy atom. The second kappa shape index (κ2) is 7.14. The van der Waals surface area contributed by atoms with E-state index in [-0.39, 0.29) is 0 Å². The molecule has 0 bridgehead atoms. The SMILES string of the molecule is CCN1CCCC(C(C)Nc2cc(C(N)=O)ccc2Cl)C1. The maximum absolute atomic E-state index is 11.3. The van der Waals surface area contributed by atoms with Crippen LogP contribution in [0.2, 0.25) is 5.02 Å². The maximum atomic E-state index is 11.3. The van der Waals surface area contributed by atoms with Crippen LogP contribution in [0.3, 0.4) is 0 Å². The van der Waals surface area contributed by atoms with Gasteiger partial charge in [0, 0.05) is 18.2 Å². The van der Waals surface area contributed by atoms with E-state index in [2.05, 4.69) is 24.1 Å². The zero-order valence-electron chi connectivity index (χ0n) is 12.7. The fraction of sp³-hybridized carbons (Fsp3) is 0.562. The molecule has 0 aliphatic carbocycles. The molecule has 1 amide bonds. The number of nitrogens with one attached hydrogen (secondary N) is 1. The highest BCUT2D eigenvalue weighted by Crippen LogP contribution is 2.27. The van der Waals surface area contributed by atoms with Crippen LogP contribution in [0.1, 0.15) is 37.0 Å². The molecule has 21 heavy (non-hydrogen) atoms. The van der Waals surface area contributed by atoms with E-state index in [1.165, 1.54) is 19.4 Å². The standard InChI is InChI=1S/C16H24ClN3O/c1-3-20-8-4-5-13(10-20)11(2)19-15-9-12(16(18)21)6-7-14(15)17/h6-7,9,11,13,19H,3-5,8,10H2,1-2H3,(H2,18,21). The summed E-state index contributed by atoms with van der Waals surface area (Å²) in [6.45, 7) is 7.78. The molecule has 2 unspecified atom stereocenters. The van der Waals surface area contributed by atoms with Crippen LogP contribution in [0.15, 0.2) is 18.2 Å². The number of halogens is 1. The van der Waals surface area contributed by atoms with Crippen molar-refractivity contribution in [1.82, 2.24) is 4.90 Å². The van der Waals surface area contributed by atoms with Crippen LogP contribution in [-0.4, -0.2) is 36.5 Å². The molecule has 1 aromatic carbocycles. The van der Waals surface area contributed by atoms with Crippen LogP contribution in [0.25, 0.3) is 0 Å². The Bertz CT molecular complexity index is 506. The van der Waals surface area contributed by atoms with Gasteiger partial charge in [0.1, 0.15) is 0 Å². The van der Waals surface area contributed by atoms with Crippen LogP contribution < -0.4 is 11.1 Å². The third-order valence-corrected chi connectivity index (χ3v) is 4.66. The number of rotatable bonds is 5. The lowest BCUT2D eigenvalue weighted by Gasteiger charge is -2.36. The third-order valence-electron chi connectivity index (χ3n) is 4.33. The summed E-state index contributed by atoms with van der Waals surface area (Å²) in [5.74, 6) is 0.157.